The minimum absolute atomic E-state index is 0.117. The fraction of sp³-hybridized carbons (Fsp3) is 0.317. The average Bonchev–Trinajstić information content (AvgIpc) is 4.05. The first kappa shape index (κ1) is 36.9. The number of hydrogen-bond acceptors (Lipinski definition) is 8. The van der Waals surface area contributed by atoms with Gasteiger partial charge in [-0.1, -0.05) is 86.7 Å². The van der Waals surface area contributed by atoms with Gasteiger partial charge in [0.15, 0.2) is 0 Å². The van der Waals surface area contributed by atoms with Crippen molar-refractivity contribution in [3.8, 4) is 33.6 Å². The number of H-pyrrole nitrogens is 2. The van der Waals surface area contributed by atoms with E-state index >= 15 is 0 Å². The van der Waals surface area contributed by atoms with E-state index in [9.17, 15) is 19.2 Å². The van der Waals surface area contributed by atoms with Crippen molar-refractivity contribution < 1.29 is 28.7 Å². The number of benzene rings is 3. The highest BCUT2D eigenvalue weighted by atomic mass is 16.5. The van der Waals surface area contributed by atoms with Crippen LogP contribution in [0, 0.1) is 5.92 Å². The molecule has 3 aromatic carbocycles. The summed E-state index contributed by atoms with van der Waals surface area (Å²) in [5.74, 6) is 0.836. The number of alkyl carbamates (subject to hydrolysis) is 2. The minimum atomic E-state index is -0.702. The Hall–Kier alpha value is -6.44. The van der Waals surface area contributed by atoms with E-state index < -0.39 is 18.2 Å². The molecule has 2 aromatic heterocycles. The highest BCUT2D eigenvalue weighted by molar-refractivity contribution is 6.04. The summed E-state index contributed by atoms with van der Waals surface area (Å²) in [4.78, 5) is 69.6. The summed E-state index contributed by atoms with van der Waals surface area (Å²) in [6.45, 7) is 4.63. The van der Waals surface area contributed by atoms with Crippen molar-refractivity contribution >= 4 is 34.8 Å². The normalized spacial score (nSPS) is 17.1. The Kier molecular flexibility index (Phi) is 10.7. The van der Waals surface area contributed by atoms with Crippen molar-refractivity contribution in [2.45, 2.75) is 44.8 Å². The maximum atomic E-state index is 13.7. The Bertz CT molecular complexity index is 2240. The summed E-state index contributed by atoms with van der Waals surface area (Å²) in [6, 6.07) is 19.4. The number of aromatic amines is 2. The van der Waals surface area contributed by atoms with Crippen molar-refractivity contribution in [2.24, 2.45) is 5.92 Å². The van der Waals surface area contributed by atoms with Crippen LogP contribution < -0.4 is 10.6 Å². The third kappa shape index (κ3) is 7.52. The predicted octanol–water partition coefficient (Wildman–Crippen LogP) is 6.13. The number of likely N-dealkylation sites (tertiary alicyclic amines) is 1. The van der Waals surface area contributed by atoms with Crippen LogP contribution in [-0.4, -0.2) is 93.6 Å². The van der Waals surface area contributed by atoms with Crippen LogP contribution >= 0.6 is 0 Å². The van der Waals surface area contributed by atoms with Gasteiger partial charge in [-0.3, -0.25) is 9.59 Å². The zero-order valence-corrected chi connectivity index (χ0v) is 31.2. The van der Waals surface area contributed by atoms with Crippen LogP contribution in [0.1, 0.15) is 50.4 Å². The van der Waals surface area contributed by atoms with Crippen molar-refractivity contribution in [3.05, 3.63) is 96.9 Å². The van der Waals surface area contributed by atoms with Gasteiger partial charge in [-0.2, -0.15) is 0 Å². The minimum Gasteiger partial charge on any atom is -0.453 e. The molecule has 14 nitrogen and oxygen atoms in total. The molecular formula is C41H44N8O6. The van der Waals surface area contributed by atoms with Gasteiger partial charge < -0.3 is 39.9 Å². The molecule has 3 atom stereocenters. The zero-order chi connectivity index (χ0) is 38.6. The zero-order valence-electron chi connectivity index (χ0n) is 31.2. The van der Waals surface area contributed by atoms with Gasteiger partial charge in [0.25, 0.3) is 0 Å². The number of amides is 4. The third-order valence-electron chi connectivity index (χ3n) is 10.3. The van der Waals surface area contributed by atoms with Gasteiger partial charge in [0, 0.05) is 18.7 Å². The van der Waals surface area contributed by atoms with Gasteiger partial charge in [0.1, 0.15) is 30.3 Å². The molecule has 284 valence electrons. The number of ether oxygens (including phenoxy) is 2. The smallest absolute Gasteiger partial charge is 0.407 e. The van der Waals surface area contributed by atoms with Gasteiger partial charge in [-0.05, 0) is 46.2 Å². The summed E-state index contributed by atoms with van der Waals surface area (Å²) < 4.78 is 9.35. The molecule has 1 fully saturated rings. The predicted molar refractivity (Wildman–Crippen MR) is 206 cm³/mol. The number of aromatic nitrogens is 4. The largest absolute Gasteiger partial charge is 0.453 e. The van der Waals surface area contributed by atoms with Crippen LogP contribution in [0.5, 0.6) is 0 Å². The van der Waals surface area contributed by atoms with Crippen molar-refractivity contribution in [1.29, 1.82) is 0 Å². The molecule has 5 aromatic rings. The van der Waals surface area contributed by atoms with Crippen molar-refractivity contribution in [3.63, 3.8) is 0 Å². The maximum absolute atomic E-state index is 13.7. The first-order chi connectivity index (χ1) is 26.7. The third-order valence-corrected chi connectivity index (χ3v) is 10.3. The standard InChI is InChI=1S/C41H44N8O6/c1-24(2)36(47-41(53)55-4)39(51)49-20-8-14-34(49)38-43-22-32(46-38)30-12-6-10-28-27(9-5-11-29(28)30)25-15-17-26(18-16-25)31-21-42-37(45-31)33-13-7-19-48(33)35(50)23-44-40(52)54-3/h5-7,9-13,15-18,21-22,24,33-34,36H,8,14,19-20,23H2,1-4H3,(H,42,45)(H,43,46)(H,44,52)(H,47,53)/t33-,34-,36?/m0/s1. The van der Waals surface area contributed by atoms with Crippen LogP contribution in [0.25, 0.3) is 44.4 Å². The van der Waals surface area contributed by atoms with Crippen molar-refractivity contribution in [1.82, 2.24) is 40.4 Å². The van der Waals surface area contributed by atoms with Crippen LogP contribution in [0.3, 0.4) is 0 Å². The Morgan fingerprint density at radius 3 is 2.20 bits per heavy atom. The van der Waals surface area contributed by atoms with Gasteiger partial charge in [0.2, 0.25) is 11.8 Å². The quantitative estimate of drug-likeness (QED) is 0.124. The number of imidazole rings is 2. The van der Waals surface area contributed by atoms with E-state index in [-0.39, 0.29) is 36.4 Å². The molecule has 0 bridgehead atoms. The second kappa shape index (κ2) is 15.9. The summed E-state index contributed by atoms with van der Waals surface area (Å²) in [7, 11) is 2.54. The Labute approximate surface area is 318 Å². The molecule has 2 aliphatic rings. The highest BCUT2D eigenvalue weighted by Gasteiger charge is 2.37. The molecule has 0 radical (unpaired) electrons. The molecule has 0 spiro atoms. The van der Waals surface area contributed by atoms with Crippen molar-refractivity contribution in [2.75, 3.05) is 33.9 Å². The van der Waals surface area contributed by atoms with E-state index in [4.69, 9.17) is 9.72 Å². The lowest BCUT2D eigenvalue weighted by Gasteiger charge is -2.30. The van der Waals surface area contributed by atoms with Gasteiger partial charge >= 0.3 is 12.2 Å². The van der Waals surface area contributed by atoms with E-state index in [2.05, 4.69) is 66.7 Å². The topological polar surface area (TPSA) is 175 Å². The second-order valence-corrected chi connectivity index (χ2v) is 14.0. The molecule has 14 heteroatoms. The molecule has 4 amide bonds. The number of nitrogens with zero attached hydrogens (tertiary/aromatic N) is 4. The first-order valence-electron chi connectivity index (χ1n) is 18.3. The van der Waals surface area contributed by atoms with Gasteiger partial charge in [-0.25, -0.2) is 19.6 Å². The molecule has 1 saturated heterocycles. The van der Waals surface area contributed by atoms with E-state index in [0.717, 1.165) is 57.3 Å². The van der Waals surface area contributed by atoms with Crippen LogP contribution in [0.4, 0.5) is 9.59 Å². The summed E-state index contributed by atoms with van der Waals surface area (Å²) in [6.07, 6.45) is 7.72. The first-order valence-corrected chi connectivity index (χ1v) is 18.3. The number of hydrogen-bond donors (Lipinski definition) is 4. The average molecular weight is 745 g/mol. The fourth-order valence-corrected chi connectivity index (χ4v) is 7.43. The molecule has 55 heavy (non-hydrogen) atoms. The number of carbonyl (C=O) groups is 4. The lowest BCUT2D eigenvalue weighted by molar-refractivity contribution is -0.135. The molecule has 4 heterocycles. The molecule has 2 aliphatic heterocycles. The molecule has 4 N–H and O–H groups in total. The van der Waals surface area contributed by atoms with Gasteiger partial charge in [0.05, 0.1) is 44.0 Å². The second-order valence-electron chi connectivity index (χ2n) is 14.0. The summed E-state index contributed by atoms with van der Waals surface area (Å²) in [5, 5.41) is 7.29. The van der Waals surface area contributed by atoms with E-state index in [0.29, 0.717) is 24.7 Å². The van der Waals surface area contributed by atoms with Crippen LogP contribution in [-0.2, 0) is 19.1 Å². The van der Waals surface area contributed by atoms with E-state index in [1.807, 2.05) is 61.4 Å². The molecule has 1 unspecified atom stereocenters. The van der Waals surface area contributed by atoms with E-state index in [1.165, 1.54) is 14.2 Å². The van der Waals surface area contributed by atoms with Crippen LogP contribution in [0.2, 0.25) is 0 Å². The Balaban J connectivity index is 1.09. The monoisotopic (exact) mass is 744 g/mol. The molecule has 7 rings (SSSR count). The lowest BCUT2D eigenvalue weighted by atomic mass is 9.94. The molecule has 0 aliphatic carbocycles. The Morgan fingerprint density at radius 2 is 1.47 bits per heavy atom. The van der Waals surface area contributed by atoms with Gasteiger partial charge in [-0.15, -0.1) is 0 Å². The number of nitrogens with one attached hydrogen (secondary N) is 4. The van der Waals surface area contributed by atoms with E-state index in [1.54, 1.807) is 11.1 Å². The fourth-order valence-electron chi connectivity index (χ4n) is 7.43. The number of fused-ring (bicyclic) bond motifs is 1. The molecular weight excluding hydrogens is 701 g/mol. The number of carbonyl (C=O) groups excluding carboxylic acids is 4. The highest BCUT2D eigenvalue weighted by Crippen LogP contribution is 2.37. The van der Waals surface area contributed by atoms with Crippen LogP contribution in [0.15, 0.2) is 85.2 Å². The Morgan fingerprint density at radius 1 is 0.818 bits per heavy atom. The summed E-state index contributed by atoms with van der Waals surface area (Å²) >= 11 is 0. The SMILES string of the molecule is COC(=O)NCC(=O)N1CC=C[C@H]1c1ncc(-c2ccc(-c3cccc4c(-c5cnc([C@@H]6CCCN6C(=O)C(NC(=O)OC)C(C)C)[nH]5)cccc34)cc2)[nH]1. The summed E-state index contributed by atoms with van der Waals surface area (Å²) in [5.41, 5.74) is 5.74. The number of rotatable bonds is 10. The molecule has 0 saturated carbocycles. The maximum Gasteiger partial charge on any atom is 0.407 e. The lowest BCUT2D eigenvalue weighted by Crippen LogP contribution is -2.51. The number of methoxy groups -OCH3 is 2.